The van der Waals surface area contributed by atoms with E-state index in [1.807, 2.05) is 0 Å². The van der Waals surface area contributed by atoms with Gasteiger partial charge in [-0.1, -0.05) is 12.1 Å². The first kappa shape index (κ1) is 15.0. The number of carbonyl (C=O) groups is 1. The fourth-order valence-electron chi connectivity index (χ4n) is 1.50. The Morgan fingerprint density at radius 2 is 2.00 bits per heavy atom. The van der Waals surface area contributed by atoms with Crippen molar-refractivity contribution in [1.82, 2.24) is 0 Å². The summed E-state index contributed by atoms with van der Waals surface area (Å²) in [7, 11) is -2.53. The molecule has 0 aliphatic rings. The minimum atomic E-state index is -3.78. The average molecular weight is 376 g/mol. The number of methoxy groups -OCH3 is 1. The number of sulfonamides is 1. The van der Waals surface area contributed by atoms with E-state index in [9.17, 15) is 13.2 Å². The molecule has 0 atom stereocenters. The van der Waals surface area contributed by atoms with E-state index < -0.39 is 16.0 Å². The second-order valence-corrected chi connectivity index (χ2v) is 7.11. The molecule has 5 nitrogen and oxygen atoms in total. The molecule has 1 heterocycles. The summed E-state index contributed by atoms with van der Waals surface area (Å²) in [6.45, 7) is 0. The van der Waals surface area contributed by atoms with Gasteiger partial charge in [-0.3, -0.25) is 4.72 Å². The second-order valence-electron chi connectivity index (χ2n) is 3.69. The number of hydrogen-bond donors (Lipinski definition) is 1. The molecule has 0 saturated heterocycles. The summed E-state index contributed by atoms with van der Waals surface area (Å²) >= 11 is 4.30. The molecule has 1 aromatic heterocycles. The smallest absolute Gasteiger partial charge is 0.350 e. The van der Waals surface area contributed by atoms with E-state index in [-0.39, 0.29) is 15.5 Å². The van der Waals surface area contributed by atoms with Crippen LogP contribution < -0.4 is 4.72 Å². The molecule has 106 valence electrons. The Kier molecular flexibility index (Phi) is 4.46. The minimum absolute atomic E-state index is 0.0991. The van der Waals surface area contributed by atoms with Gasteiger partial charge < -0.3 is 4.74 Å². The molecule has 0 spiro atoms. The summed E-state index contributed by atoms with van der Waals surface area (Å²) in [5.41, 5.74) is 0.206. The van der Waals surface area contributed by atoms with E-state index >= 15 is 0 Å². The van der Waals surface area contributed by atoms with E-state index in [1.165, 1.54) is 19.2 Å². The zero-order chi connectivity index (χ0) is 14.8. The first-order valence-electron chi connectivity index (χ1n) is 5.39. The Labute approximate surface area is 128 Å². The van der Waals surface area contributed by atoms with Crippen molar-refractivity contribution in [1.29, 1.82) is 0 Å². The molecule has 0 aliphatic heterocycles. The number of rotatable bonds is 4. The third-order valence-corrected chi connectivity index (χ3v) is 5.68. The Bertz CT molecular complexity index is 739. The van der Waals surface area contributed by atoms with Gasteiger partial charge in [0.1, 0.15) is 9.77 Å². The highest BCUT2D eigenvalue weighted by Crippen LogP contribution is 2.28. The van der Waals surface area contributed by atoms with Crippen LogP contribution in [0, 0.1) is 0 Å². The van der Waals surface area contributed by atoms with E-state index in [0.29, 0.717) is 4.47 Å². The molecule has 0 aliphatic carbocycles. The van der Waals surface area contributed by atoms with Gasteiger partial charge in [-0.2, -0.15) is 0 Å². The minimum Gasteiger partial charge on any atom is -0.465 e. The second kappa shape index (κ2) is 5.94. The average Bonchev–Trinajstić information content (AvgIpc) is 2.85. The number of anilines is 1. The van der Waals surface area contributed by atoms with Crippen LogP contribution in [-0.2, 0) is 14.8 Å². The topological polar surface area (TPSA) is 72.5 Å². The third kappa shape index (κ3) is 3.02. The van der Waals surface area contributed by atoms with Crippen molar-refractivity contribution < 1.29 is 17.9 Å². The van der Waals surface area contributed by atoms with Gasteiger partial charge in [0.15, 0.2) is 0 Å². The van der Waals surface area contributed by atoms with Crippen LogP contribution in [0.5, 0.6) is 0 Å². The van der Waals surface area contributed by atoms with Crippen LogP contribution in [0.2, 0.25) is 0 Å². The van der Waals surface area contributed by atoms with Gasteiger partial charge in [-0.25, -0.2) is 13.2 Å². The molecule has 8 heteroatoms. The van der Waals surface area contributed by atoms with Crippen molar-refractivity contribution in [3.8, 4) is 0 Å². The molecule has 0 unspecified atom stereocenters. The van der Waals surface area contributed by atoms with Gasteiger partial charge >= 0.3 is 5.97 Å². The van der Waals surface area contributed by atoms with E-state index in [1.54, 1.807) is 23.6 Å². The van der Waals surface area contributed by atoms with Crippen LogP contribution in [0.3, 0.4) is 0 Å². The molecular weight excluding hydrogens is 366 g/mol. The largest absolute Gasteiger partial charge is 0.465 e. The fourth-order valence-corrected chi connectivity index (χ4v) is 4.41. The Morgan fingerprint density at radius 3 is 2.65 bits per heavy atom. The summed E-state index contributed by atoms with van der Waals surface area (Å²) in [4.78, 5) is 11.8. The normalized spacial score (nSPS) is 11.1. The lowest BCUT2D eigenvalue weighted by Gasteiger charge is -2.09. The highest BCUT2D eigenvalue weighted by Gasteiger charge is 2.21. The summed E-state index contributed by atoms with van der Waals surface area (Å²) in [6, 6.07) is 7.95. The standard InChI is InChI=1S/C12H10BrNO4S2/c1-18-12(15)11-9(6-7-19-11)14-20(16,17)10-5-3-2-4-8(10)13/h2-7,14H,1H3. The zero-order valence-electron chi connectivity index (χ0n) is 10.3. The molecular formula is C12H10BrNO4S2. The number of benzene rings is 1. The maximum atomic E-state index is 12.3. The summed E-state index contributed by atoms with van der Waals surface area (Å²) in [5.74, 6) is -0.579. The summed E-state index contributed by atoms with van der Waals surface area (Å²) < 4.78 is 32.0. The Morgan fingerprint density at radius 1 is 1.30 bits per heavy atom. The summed E-state index contributed by atoms with van der Waals surface area (Å²) in [6.07, 6.45) is 0. The highest BCUT2D eigenvalue weighted by molar-refractivity contribution is 9.10. The van der Waals surface area contributed by atoms with E-state index in [2.05, 4.69) is 25.4 Å². The quantitative estimate of drug-likeness (QED) is 0.833. The Balaban J connectivity index is 2.37. The van der Waals surface area contributed by atoms with Crippen LogP contribution in [0.15, 0.2) is 45.1 Å². The lowest BCUT2D eigenvalue weighted by molar-refractivity contribution is 0.0607. The van der Waals surface area contributed by atoms with Crippen molar-refractivity contribution in [3.05, 3.63) is 45.1 Å². The van der Waals surface area contributed by atoms with Crippen LogP contribution in [0.25, 0.3) is 0 Å². The lowest BCUT2D eigenvalue weighted by Crippen LogP contribution is -2.15. The predicted molar refractivity (Wildman–Crippen MR) is 80.6 cm³/mol. The van der Waals surface area contributed by atoms with Crippen molar-refractivity contribution >= 4 is 48.9 Å². The first-order valence-corrected chi connectivity index (χ1v) is 8.54. The molecule has 0 fully saturated rings. The van der Waals surface area contributed by atoms with E-state index in [4.69, 9.17) is 0 Å². The maximum absolute atomic E-state index is 12.3. The number of halogens is 1. The Hall–Kier alpha value is -1.38. The van der Waals surface area contributed by atoms with Gasteiger partial charge in [0, 0.05) is 4.47 Å². The monoisotopic (exact) mass is 375 g/mol. The third-order valence-electron chi connectivity index (χ3n) is 2.41. The molecule has 2 rings (SSSR count). The van der Waals surface area contributed by atoms with Gasteiger partial charge in [0.25, 0.3) is 10.0 Å². The van der Waals surface area contributed by atoms with Crippen LogP contribution in [0.1, 0.15) is 9.67 Å². The predicted octanol–water partition coefficient (Wildman–Crippen LogP) is 3.10. The maximum Gasteiger partial charge on any atom is 0.350 e. The lowest BCUT2D eigenvalue weighted by atomic mass is 10.4. The number of ether oxygens (including phenoxy) is 1. The van der Waals surface area contributed by atoms with Crippen LogP contribution in [-0.4, -0.2) is 21.5 Å². The van der Waals surface area contributed by atoms with Gasteiger partial charge in [-0.15, -0.1) is 11.3 Å². The van der Waals surface area contributed by atoms with Gasteiger partial charge in [0.05, 0.1) is 12.8 Å². The fraction of sp³-hybridized carbons (Fsp3) is 0.0833. The molecule has 0 bridgehead atoms. The van der Waals surface area contributed by atoms with Crippen molar-refractivity contribution in [2.45, 2.75) is 4.90 Å². The molecule has 20 heavy (non-hydrogen) atoms. The molecule has 0 radical (unpaired) electrons. The van der Waals surface area contributed by atoms with Gasteiger partial charge in [-0.05, 0) is 39.5 Å². The van der Waals surface area contributed by atoms with Crippen LogP contribution >= 0.6 is 27.3 Å². The van der Waals surface area contributed by atoms with Crippen molar-refractivity contribution in [2.75, 3.05) is 11.8 Å². The van der Waals surface area contributed by atoms with Gasteiger partial charge in [0.2, 0.25) is 0 Å². The number of esters is 1. The van der Waals surface area contributed by atoms with Crippen molar-refractivity contribution in [2.24, 2.45) is 0 Å². The van der Waals surface area contributed by atoms with Crippen LogP contribution in [0.4, 0.5) is 5.69 Å². The van der Waals surface area contributed by atoms with Crippen molar-refractivity contribution in [3.63, 3.8) is 0 Å². The number of nitrogens with one attached hydrogen (secondary N) is 1. The van der Waals surface area contributed by atoms with E-state index in [0.717, 1.165) is 11.3 Å². The molecule has 1 aromatic carbocycles. The first-order chi connectivity index (χ1) is 9.45. The number of carbonyl (C=O) groups excluding carboxylic acids is 1. The molecule has 0 amide bonds. The molecule has 0 saturated carbocycles. The molecule has 1 N–H and O–H groups in total. The SMILES string of the molecule is COC(=O)c1sccc1NS(=O)(=O)c1ccccc1Br. The highest BCUT2D eigenvalue weighted by atomic mass is 79.9. The number of hydrogen-bond acceptors (Lipinski definition) is 5. The molecule has 2 aromatic rings. The number of thiophene rings is 1. The summed E-state index contributed by atoms with van der Waals surface area (Å²) in [5, 5.41) is 1.62. The zero-order valence-corrected chi connectivity index (χ0v) is 13.5.